The summed E-state index contributed by atoms with van der Waals surface area (Å²) in [4.78, 5) is 26.3. The van der Waals surface area contributed by atoms with E-state index in [1.54, 1.807) is 35.9 Å². The van der Waals surface area contributed by atoms with Crippen LogP contribution in [0.15, 0.2) is 71.3 Å². The smallest absolute Gasteiger partial charge is 0.291 e. The van der Waals surface area contributed by atoms with E-state index in [1.165, 1.54) is 6.26 Å². The van der Waals surface area contributed by atoms with Gasteiger partial charge in [-0.1, -0.05) is 12.1 Å². The van der Waals surface area contributed by atoms with Crippen molar-refractivity contribution in [3.05, 3.63) is 78.3 Å². The Kier molecular flexibility index (Phi) is 5.08. The molecule has 1 aliphatic rings. The van der Waals surface area contributed by atoms with Gasteiger partial charge in [0.2, 0.25) is 5.91 Å². The lowest BCUT2D eigenvalue weighted by Crippen LogP contribution is -2.27. The first-order valence-electron chi connectivity index (χ1n) is 8.68. The van der Waals surface area contributed by atoms with Crippen molar-refractivity contribution in [3.63, 3.8) is 0 Å². The summed E-state index contributed by atoms with van der Waals surface area (Å²) in [5.74, 6) is 1.19. The summed E-state index contributed by atoms with van der Waals surface area (Å²) >= 11 is 1.58. The molecule has 6 nitrogen and oxygen atoms in total. The van der Waals surface area contributed by atoms with Crippen molar-refractivity contribution < 1.29 is 18.7 Å². The Labute approximate surface area is 166 Å². The van der Waals surface area contributed by atoms with Crippen LogP contribution < -0.4 is 15.0 Å². The maximum Gasteiger partial charge on any atom is 0.291 e. The van der Waals surface area contributed by atoms with Gasteiger partial charge in [0.25, 0.3) is 5.91 Å². The van der Waals surface area contributed by atoms with Crippen molar-refractivity contribution >= 4 is 35.0 Å². The fourth-order valence-corrected chi connectivity index (χ4v) is 4.20. The standard InChI is InChI=1S/C21H18N2O4S/c1-26-17-10-8-16(9-11-17)23-19(24)13-28-21(23)14-4-6-15(7-5-14)22-20(25)18-3-2-12-27-18/h2-12,21H,13H2,1H3,(H,22,25)/t21-/m1/s1. The summed E-state index contributed by atoms with van der Waals surface area (Å²) in [6.45, 7) is 0. The van der Waals surface area contributed by atoms with Gasteiger partial charge >= 0.3 is 0 Å². The lowest BCUT2D eigenvalue weighted by Gasteiger charge is -2.24. The van der Waals surface area contributed by atoms with Gasteiger partial charge in [0.05, 0.1) is 19.1 Å². The molecule has 2 amide bonds. The van der Waals surface area contributed by atoms with E-state index in [-0.39, 0.29) is 22.9 Å². The van der Waals surface area contributed by atoms with E-state index in [1.807, 2.05) is 48.5 Å². The third-order valence-corrected chi connectivity index (χ3v) is 5.63. The predicted octanol–water partition coefficient (Wildman–Crippen LogP) is 4.32. The van der Waals surface area contributed by atoms with E-state index in [2.05, 4.69) is 5.32 Å². The number of amides is 2. The number of ether oxygens (including phenoxy) is 1. The highest BCUT2D eigenvalue weighted by atomic mass is 32.2. The molecule has 1 aromatic heterocycles. The van der Waals surface area contributed by atoms with Crippen LogP contribution in [0.2, 0.25) is 0 Å². The van der Waals surface area contributed by atoms with Crippen LogP contribution in [-0.4, -0.2) is 24.7 Å². The van der Waals surface area contributed by atoms with Crippen molar-refractivity contribution in [2.24, 2.45) is 0 Å². The Balaban J connectivity index is 1.52. The Bertz CT molecular complexity index is 969. The number of nitrogens with zero attached hydrogens (tertiary/aromatic N) is 1. The molecule has 2 heterocycles. The van der Waals surface area contributed by atoms with Gasteiger partial charge in [-0.3, -0.25) is 14.5 Å². The van der Waals surface area contributed by atoms with Crippen molar-refractivity contribution in [1.82, 2.24) is 0 Å². The SMILES string of the molecule is COc1ccc(N2C(=O)CS[C@@H]2c2ccc(NC(=O)c3ccco3)cc2)cc1. The maximum absolute atomic E-state index is 12.5. The van der Waals surface area contributed by atoms with Crippen LogP contribution >= 0.6 is 11.8 Å². The third-order valence-electron chi connectivity index (χ3n) is 4.42. The molecule has 1 aliphatic heterocycles. The number of hydrogen-bond acceptors (Lipinski definition) is 5. The molecule has 1 N–H and O–H groups in total. The Morgan fingerprint density at radius 1 is 1.14 bits per heavy atom. The third kappa shape index (κ3) is 3.61. The van der Waals surface area contributed by atoms with E-state index in [0.29, 0.717) is 11.4 Å². The minimum Gasteiger partial charge on any atom is -0.497 e. The molecule has 28 heavy (non-hydrogen) atoms. The molecule has 1 atom stereocenters. The second-order valence-corrected chi connectivity index (χ2v) is 7.25. The number of nitrogens with one attached hydrogen (secondary N) is 1. The van der Waals surface area contributed by atoms with Crippen molar-refractivity contribution in [2.75, 3.05) is 23.1 Å². The molecular formula is C21H18N2O4S. The summed E-state index contributed by atoms with van der Waals surface area (Å²) in [6.07, 6.45) is 1.46. The summed E-state index contributed by atoms with van der Waals surface area (Å²) in [6, 6.07) is 18.2. The first-order chi connectivity index (χ1) is 13.7. The van der Waals surface area contributed by atoms with Crippen LogP contribution in [0.4, 0.5) is 11.4 Å². The average Bonchev–Trinajstić information content (AvgIpc) is 3.39. The van der Waals surface area contributed by atoms with E-state index in [9.17, 15) is 9.59 Å². The van der Waals surface area contributed by atoms with Gasteiger partial charge in [0.1, 0.15) is 11.1 Å². The van der Waals surface area contributed by atoms with Crippen molar-refractivity contribution in [3.8, 4) is 5.75 Å². The Morgan fingerprint density at radius 3 is 2.54 bits per heavy atom. The maximum atomic E-state index is 12.5. The number of furan rings is 1. The summed E-state index contributed by atoms with van der Waals surface area (Å²) in [7, 11) is 1.61. The number of carbonyl (C=O) groups excluding carboxylic acids is 2. The number of methoxy groups -OCH3 is 1. The quantitative estimate of drug-likeness (QED) is 0.698. The zero-order valence-electron chi connectivity index (χ0n) is 15.1. The first kappa shape index (κ1) is 18.2. The highest BCUT2D eigenvalue weighted by molar-refractivity contribution is 8.00. The molecule has 0 aliphatic carbocycles. The van der Waals surface area contributed by atoms with Crippen LogP contribution in [0.3, 0.4) is 0 Å². The van der Waals surface area contributed by atoms with E-state index < -0.39 is 0 Å². The summed E-state index contributed by atoms with van der Waals surface area (Å²) in [5.41, 5.74) is 2.48. The molecule has 1 fully saturated rings. The molecule has 2 aromatic carbocycles. The average molecular weight is 394 g/mol. The molecule has 1 saturated heterocycles. The molecule has 0 unspecified atom stereocenters. The zero-order chi connectivity index (χ0) is 19.5. The molecule has 0 bridgehead atoms. The Hall–Kier alpha value is -3.19. The molecule has 0 radical (unpaired) electrons. The number of carbonyl (C=O) groups is 2. The van der Waals surface area contributed by atoms with E-state index in [4.69, 9.17) is 9.15 Å². The highest BCUT2D eigenvalue weighted by Gasteiger charge is 2.34. The minimum atomic E-state index is -0.303. The first-order valence-corrected chi connectivity index (χ1v) is 9.73. The number of anilines is 2. The van der Waals surface area contributed by atoms with Gasteiger partial charge in [0.15, 0.2) is 5.76 Å². The van der Waals surface area contributed by atoms with Crippen LogP contribution in [0.25, 0.3) is 0 Å². The molecule has 142 valence electrons. The van der Waals surface area contributed by atoms with Gasteiger partial charge in [-0.05, 0) is 54.1 Å². The fourth-order valence-electron chi connectivity index (χ4n) is 3.02. The van der Waals surface area contributed by atoms with Gasteiger partial charge < -0.3 is 14.5 Å². The second kappa shape index (κ2) is 7.82. The number of hydrogen-bond donors (Lipinski definition) is 1. The van der Waals surface area contributed by atoms with Gasteiger partial charge in [-0.2, -0.15) is 0 Å². The lowest BCUT2D eigenvalue weighted by atomic mass is 10.1. The molecule has 0 spiro atoms. The van der Waals surface area contributed by atoms with Gasteiger partial charge in [-0.25, -0.2) is 0 Å². The predicted molar refractivity (Wildman–Crippen MR) is 109 cm³/mol. The Morgan fingerprint density at radius 2 is 1.89 bits per heavy atom. The van der Waals surface area contributed by atoms with E-state index in [0.717, 1.165) is 17.0 Å². The fraction of sp³-hybridized carbons (Fsp3) is 0.143. The summed E-state index contributed by atoms with van der Waals surface area (Å²) < 4.78 is 10.3. The van der Waals surface area contributed by atoms with E-state index >= 15 is 0 Å². The topological polar surface area (TPSA) is 71.8 Å². The number of rotatable bonds is 5. The van der Waals surface area contributed by atoms with Crippen LogP contribution in [-0.2, 0) is 4.79 Å². The van der Waals surface area contributed by atoms with Crippen LogP contribution in [0, 0.1) is 0 Å². The normalized spacial score (nSPS) is 16.2. The second-order valence-electron chi connectivity index (χ2n) is 6.18. The van der Waals surface area contributed by atoms with Crippen LogP contribution in [0.1, 0.15) is 21.5 Å². The minimum absolute atomic E-state index is 0.0652. The molecule has 0 saturated carbocycles. The zero-order valence-corrected chi connectivity index (χ0v) is 15.9. The van der Waals surface area contributed by atoms with Crippen molar-refractivity contribution in [1.29, 1.82) is 0 Å². The molecule has 3 aromatic rings. The number of thioether (sulfide) groups is 1. The highest BCUT2D eigenvalue weighted by Crippen LogP contribution is 2.42. The molecular weight excluding hydrogens is 376 g/mol. The monoisotopic (exact) mass is 394 g/mol. The van der Waals surface area contributed by atoms with Crippen molar-refractivity contribution in [2.45, 2.75) is 5.37 Å². The lowest BCUT2D eigenvalue weighted by molar-refractivity contribution is -0.115. The summed E-state index contributed by atoms with van der Waals surface area (Å²) in [5, 5.41) is 2.68. The van der Waals surface area contributed by atoms with Gasteiger partial charge in [-0.15, -0.1) is 11.8 Å². The van der Waals surface area contributed by atoms with Crippen LogP contribution in [0.5, 0.6) is 5.75 Å². The molecule has 7 heteroatoms. The van der Waals surface area contributed by atoms with Gasteiger partial charge in [0, 0.05) is 11.4 Å². The largest absolute Gasteiger partial charge is 0.497 e. The number of benzene rings is 2. The molecule has 4 rings (SSSR count).